The standard InChI is InChI=1S/C24H30ClN3O4/c1-5-6-12-32-20-11-10-17(13-21(20)31-4)15-26-28-24(30)22(16(2)3)27-23(29)18-8-7-9-19(25)14-18/h7-11,13-16,22H,5-6,12H2,1-4H3,(H,27,29)(H,28,30)/b26-15-. The SMILES string of the molecule is CCCCOc1ccc(/C=N\NC(=O)C(NC(=O)c2cccc(Cl)c2)C(C)C)cc1OC. The predicted octanol–water partition coefficient (Wildman–Crippen LogP) is 4.43. The van der Waals surface area contributed by atoms with Crippen LogP contribution in [-0.2, 0) is 4.79 Å². The number of methoxy groups -OCH3 is 1. The molecule has 0 aromatic heterocycles. The molecule has 2 N–H and O–H groups in total. The number of halogens is 1. The van der Waals surface area contributed by atoms with Gasteiger partial charge in [0.05, 0.1) is 19.9 Å². The van der Waals surface area contributed by atoms with Crippen molar-refractivity contribution >= 4 is 29.6 Å². The lowest BCUT2D eigenvalue weighted by molar-refractivity contribution is -0.123. The van der Waals surface area contributed by atoms with Crippen molar-refractivity contribution in [3.8, 4) is 11.5 Å². The highest BCUT2D eigenvalue weighted by molar-refractivity contribution is 6.31. The molecule has 2 aromatic carbocycles. The molecule has 0 fully saturated rings. The molecule has 0 aliphatic rings. The van der Waals surface area contributed by atoms with Crippen LogP contribution in [0.4, 0.5) is 0 Å². The number of ether oxygens (including phenoxy) is 2. The van der Waals surface area contributed by atoms with Crippen molar-refractivity contribution < 1.29 is 19.1 Å². The van der Waals surface area contributed by atoms with Crippen molar-refractivity contribution in [2.24, 2.45) is 11.0 Å². The molecule has 2 amide bonds. The number of carbonyl (C=O) groups is 2. The summed E-state index contributed by atoms with van der Waals surface area (Å²) in [6.45, 7) is 6.40. The Labute approximate surface area is 194 Å². The Bertz CT molecular complexity index is 947. The molecule has 2 rings (SSSR count). The maximum atomic E-state index is 12.6. The molecule has 1 unspecified atom stereocenters. The van der Waals surface area contributed by atoms with Gasteiger partial charge in [-0.1, -0.05) is 44.9 Å². The topological polar surface area (TPSA) is 89.0 Å². The van der Waals surface area contributed by atoms with E-state index in [4.69, 9.17) is 21.1 Å². The summed E-state index contributed by atoms with van der Waals surface area (Å²) >= 11 is 5.95. The number of hydrogen-bond donors (Lipinski definition) is 2. The maximum Gasteiger partial charge on any atom is 0.262 e. The highest BCUT2D eigenvalue weighted by atomic mass is 35.5. The van der Waals surface area contributed by atoms with Gasteiger partial charge < -0.3 is 14.8 Å². The number of hydrazone groups is 1. The normalized spacial score (nSPS) is 11.9. The fourth-order valence-electron chi connectivity index (χ4n) is 2.84. The Balaban J connectivity index is 2.01. The molecule has 7 nitrogen and oxygen atoms in total. The van der Waals surface area contributed by atoms with E-state index in [-0.39, 0.29) is 11.8 Å². The molecule has 0 aliphatic carbocycles. The van der Waals surface area contributed by atoms with E-state index in [0.717, 1.165) is 18.4 Å². The second-order valence-electron chi connectivity index (χ2n) is 7.55. The second kappa shape index (κ2) is 12.7. The summed E-state index contributed by atoms with van der Waals surface area (Å²) in [6.07, 6.45) is 3.51. The first-order valence-corrected chi connectivity index (χ1v) is 10.9. The third-order valence-electron chi connectivity index (χ3n) is 4.65. The number of rotatable bonds is 11. The molecule has 8 heteroatoms. The largest absolute Gasteiger partial charge is 0.493 e. The summed E-state index contributed by atoms with van der Waals surface area (Å²) in [6, 6.07) is 11.2. The van der Waals surface area contributed by atoms with Gasteiger partial charge in [0, 0.05) is 10.6 Å². The molecule has 2 aromatic rings. The molecular formula is C24H30ClN3O4. The van der Waals surface area contributed by atoms with Gasteiger partial charge in [-0.05, 0) is 54.3 Å². The van der Waals surface area contributed by atoms with Gasteiger partial charge >= 0.3 is 0 Å². The number of benzene rings is 2. The predicted molar refractivity (Wildman–Crippen MR) is 127 cm³/mol. The molecule has 0 spiro atoms. The Morgan fingerprint density at radius 1 is 1.16 bits per heavy atom. The van der Waals surface area contributed by atoms with E-state index in [9.17, 15) is 9.59 Å². The fraction of sp³-hybridized carbons (Fsp3) is 0.375. The molecule has 0 radical (unpaired) electrons. The first kappa shape index (κ1) is 25.2. The van der Waals surface area contributed by atoms with Gasteiger partial charge in [-0.25, -0.2) is 5.43 Å². The summed E-state index contributed by atoms with van der Waals surface area (Å²) in [5, 5.41) is 7.21. The van der Waals surface area contributed by atoms with E-state index in [1.165, 1.54) is 6.21 Å². The van der Waals surface area contributed by atoms with E-state index in [1.54, 1.807) is 43.5 Å². The Morgan fingerprint density at radius 3 is 2.59 bits per heavy atom. The quantitative estimate of drug-likeness (QED) is 0.295. The fourth-order valence-corrected chi connectivity index (χ4v) is 3.03. The van der Waals surface area contributed by atoms with Crippen LogP contribution in [0.25, 0.3) is 0 Å². The van der Waals surface area contributed by atoms with Gasteiger partial charge in [0.2, 0.25) is 0 Å². The highest BCUT2D eigenvalue weighted by Gasteiger charge is 2.24. The van der Waals surface area contributed by atoms with Crippen molar-refractivity contribution in [3.63, 3.8) is 0 Å². The van der Waals surface area contributed by atoms with Crippen LogP contribution < -0.4 is 20.2 Å². The third kappa shape index (κ3) is 7.57. The number of amides is 2. The molecule has 0 aliphatic heterocycles. The van der Waals surface area contributed by atoms with E-state index in [1.807, 2.05) is 19.9 Å². The van der Waals surface area contributed by atoms with Gasteiger partial charge in [0.25, 0.3) is 11.8 Å². The van der Waals surface area contributed by atoms with Crippen LogP contribution in [0.2, 0.25) is 5.02 Å². The Kier molecular flexibility index (Phi) is 10.0. The summed E-state index contributed by atoms with van der Waals surface area (Å²) < 4.78 is 11.1. The van der Waals surface area contributed by atoms with Crippen molar-refractivity contribution in [1.29, 1.82) is 0 Å². The van der Waals surface area contributed by atoms with E-state index in [2.05, 4.69) is 22.8 Å². The second-order valence-corrected chi connectivity index (χ2v) is 7.99. The lowest BCUT2D eigenvalue weighted by Crippen LogP contribution is -2.48. The molecular weight excluding hydrogens is 430 g/mol. The maximum absolute atomic E-state index is 12.6. The molecule has 0 heterocycles. The summed E-state index contributed by atoms with van der Waals surface area (Å²) in [5.74, 6) is 0.302. The van der Waals surface area contributed by atoms with Gasteiger partial charge in [0.1, 0.15) is 6.04 Å². The third-order valence-corrected chi connectivity index (χ3v) is 4.89. The molecule has 32 heavy (non-hydrogen) atoms. The minimum Gasteiger partial charge on any atom is -0.493 e. The lowest BCUT2D eigenvalue weighted by Gasteiger charge is -2.20. The average Bonchev–Trinajstić information content (AvgIpc) is 2.77. The van der Waals surface area contributed by atoms with Crippen LogP contribution in [0.15, 0.2) is 47.6 Å². The summed E-state index contributed by atoms with van der Waals surface area (Å²) in [4.78, 5) is 25.1. The first-order chi connectivity index (χ1) is 15.3. The van der Waals surface area contributed by atoms with Crippen LogP contribution in [0, 0.1) is 5.92 Å². The number of unbranched alkanes of at least 4 members (excludes halogenated alkanes) is 1. The van der Waals surface area contributed by atoms with E-state index >= 15 is 0 Å². The van der Waals surface area contributed by atoms with Crippen molar-refractivity contribution in [3.05, 3.63) is 58.6 Å². The van der Waals surface area contributed by atoms with Crippen LogP contribution in [0.5, 0.6) is 11.5 Å². The average molecular weight is 460 g/mol. The van der Waals surface area contributed by atoms with Gasteiger partial charge in [-0.15, -0.1) is 0 Å². The van der Waals surface area contributed by atoms with Crippen LogP contribution in [-0.4, -0.2) is 37.8 Å². The highest BCUT2D eigenvalue weighted by Crippen LogP contribution is 2.27. The van der Waals surface area contributed by atoms with E-state index < -0.39 is 11.9 Å². The van der Waals surface area contributed by atoms with Gasteiger partial charge in [-0.2, -0.15) is 5.10 Å². The number of carbonyl (C=O) groups excluding carboxylic acids is 2. The molecule has 1 atom stereocenters. The first-order valence-electron chi connectivity index (χ1n) is 10.6. The monoisotopic (exact) mass is 459 g/mol. The zero-order valence-electron chi connectivity index (χ0n) is 18.9. The van der Waals surface area contributed by atoms with Crippen molar-refractivity contribution in [2.45, 2.75) is 39.7 Å². The Morgan fingerprint density at radius 2 is 1.94 bits per heavy atom. The summed E-state index contributed by atoms with van der Waals surface area (Å²) in [7, 11) is 1.57. The molecule has 172 valence electrons. The van der Waals surface area contributed by atoms with Crippen molar-refractivity contribution in [1.82, 2.24) is 10.7 Å². The van der Waals surface area contributed by atoms with Crippen LogP contribution >= 0.6 is 11.6 Å². The zero-order chi connectivity index (χ0) is 23.5. The smallest absolute Gasteiger partial charge is 0.262 e. The van der Waals surface area contributed by atoms with Crippen molar-refractivity contribution in [2.75, 3.05) is 13.7 Å². The minimum absolute atomic E-state index is 0.145. The van der Waals surface area contributed by atoms with Crippen LogP contribution in [0.1, 0.15) is 49.5 Å². The van der Waals surface area contributed by atoms with Gasteiger partial charge in [-0.3, -0.25) is 9.59 Å². The van der Waals surface area contributed by atoms with E-state index in [0.29, 0.717) is 28.7 Å². The summed E-state index contributed by atoms with van der Waals surface area (Å²) in [5.41, 5.74) is 3.61. The Hall–Kier alpha value is -3.06. The van der Waals surface area contributed by atoms with Gasteiger partial charge in [0.15, 0.2) is 11.5 Å². The number of hydrogen-bond acceptors (Lipinski definition) is 5. The molecule has 0 bridgehead atoms. The zero-order valence-corrected chi connectivity index (χ0v) is 19.6. The molecule has 0 saturated carbocycles. The number of nitrogens with zero attached hydrogens (tertiary/aromatic N) is 1. The van der Waals surface area contributed by atoms with Crippen LogP contribution in [0.3, 0.4) is 0 Å². The lowest BCUT2D eigenvalue weighted by atomic mass is 10.0. The minimum atomic E-state index is -0.762. The number of nitrogens with one attached hydrogen (secondary N) is 2. The molecule has 0 saturated heterocycles.